The Balaban J connectivity index is 1.51. The molecule has 0 unspecified atom stereocenters. The lowest BCUT2D eigenvalue weighted by Crippen LogP contribution is -2.12. The first-order valence-electron chi connectivity index (χ1n) is 9.39. The molecule has 0 radical (unpaired) electrons. The van der Waals surface area contributed by atoms with Crippen LogP contribution in [0.3, 0.4) is 0 Å². The fraction of sp³-hybridized carbons (Fsp3) is 0.130. The fourth-order valence-electron chi connectivity index (χ4n) is 3.56. The molecule has 1 aliphatic rings. The van der Waals surface area contributed by atoms with Gasteiger partial charge in [-0.2, -0.15) is 0 Å². The predicted molar refractivity (Wildman–Crippen MR) is 111 cm³/mol. The minimum atomic E-state index is -0.316. The van der Waals surface area contributed by atoms with Gasteiger partial charge in [0.05, 0.1) is 22.0 Å². The van der Waals surface area contributed by atoms with Gasteiger partial charge >= 0.3 is 0 Å². The zero-order valence-corrected chi connectivity index (χ0v) is 16.2. The summed E-state index contributed by atoms with van der Waals surface area (Å²) in [5, 5.41) is 0.754. The Morgan fingerprint density at radius 2 is 1.83 bits per heavy atom. The van der Waals surface area contributed by atoms with Gasteiger partial charge < -0.3 is 0 Å². The van der Waals surface area contributed by atoms with E-state index in [1.165, 1.54) is 23.5 Å². The van der Waals surface area contributed by atoms with E-state index >= 15 is 0 Å². The second-order valence-electron chi connectivity index (χ2n) is 6.94. The summed E-state index contributed by atoms with van der Waals surface area (Å²) in [4.78, 5) is 26.3. The number of pyridine rings is 2. The lowest BCUT2D eigenvalue weighted by Gasteiger charge is -2.13. The van der Waals surface area contributed by atoms with E-state index in [1.54, 1.807) is 12.4 Å². The van der Waals surface area contributed by atoms with Gasteiger partial charge in [0.2, 0.25) is 0 Å². The normalized spacial score (nSPS) is 13.3. The summed E-state index contributed by atoms with van der Waals surface area (Å²) >= 11 is 1.46. The Morgan fingerprint density at radius 3 is 2.69 bits per heavy atom. The van der Waals surface area contributed by atoms with Crippen LogP contribution in [0.5, 0.6) is 0 Å². The number of aryl methyl sites for hydroxylation is 1. The van der Waals surface area contributed by atoms with Crippen molar-refractivity contribution >= 4 is 17.1 Å². The average Bonchev–Trinajstić information content (AvgIpc) is 3.24. The topological polar surface area (TPSA) is 55.7 Å². The second kappa shape index (κ2) is 7.29. The van der Waals surface area contributed by atoms with Gasteiger partial charge in [0.15, 0.2) is 5.78 Å². The molecular weight excluding hydrogens is 385 g/mol. The van der Waals surface area contributed by atoms with Crippen LogP contribution in [0.2, 0.25) is 0 Å². The highest BCUT2D eigenvalue weighted by atomic mass is 32.1. The highest BCUT2D eigenvalue weighted by Crippen LogP contribution is 2.34. The smallest absolute Gasteiger partial charge is 0.164 e. The first-order valence-corrected chi connectivity index (χ1v) is 10.2. The van der Waals surface area contributed by atoms with Crippen LogP contribution < -0.4 is 0 Å². The molecule has 6 heteroatoms. The first kappa shape index (κ1) is 17.8. The Kier molecular flexibility index (Phi) is 4.48. The third-order valence-electron chi connectivity index (χ3n) is 4.96. The summed E-state index contributed by atoms with van der Waals surface area (Å²) < 4.78 is 14.3. The van der Waals surface area contributed by atoms with Crippen molar-refractivity contribution in [3.63, 3.8) is 0 Å². The van der Waals surface area contributed by atoms with Crippen LogP contribution >= 0.6 is 11.3 Å². The standard InChI is InChI=1S/C23H16FN3OS/c24-16-11-14(18-4-1-2-9-25-18)10-15(12-16)22-13-26-23(29-22)20-8-7-17-19(27-20)5-3-6-21(17)28/h1-2,4,7-13H,3,5-6H2. The molecule has 0 saturated heterocycles. The van der Waals surface area contributed by atoms with Gasteiger partial charge in [-0.3, -0.25) is 9.78 Å². The summed E-state index contributed by atoms with van der Waals surface area (Å²) in [5.41, 5.74) is 4.51. The van der Waals surface area contributed by atoms with Gasteiger partial charge in [-0.15, -0.1) is 11.3 Å². The lowest BCUT2D eigenvalue weighted by molar-refractivity contribution is 0.0971. The molecule has 142 valence electrons. The number of carbonyl (C=O) groups is 1. The second-order valence-corrected chi connectivity index (χ2v) is 7.97. The van der Waals surface area contributed by atoms with Crippen molar-refractivity contribution in [1.82, 2.24) is 15.0 Å². The van der Waals surface area contributed by atoms with Crippen LogP contribution in [0.1, 0.15) is 28.9 Å². The van der Waals surface area contributed by atoms with E-state index in [0.717, 1.165) is 56.5 Å². The molecule has 5 rings (SSSR count). The lowest BCUT2D eigenvalue weighted by atomic mass is 9.94. The Labute approximate surface area is 171 Å². The van der Waals surface area contributed by atoms with Gasteiger partial charge in [-0.25, -0.2) is 14.4 Å². The van der Waals surface area contributed by atoms with Gasteiger partial charge in [0.1, 0.15) is 10.8 Å². The Hall–Kier alpha value is -3.25. The third-order valence-corrected chi connectivity index (χ3v) is 6.03. The number of benzene rings is 1. The minimum Gasteiger partial charge on any atom is -0.294 e. The summed E-state index contributed by atoms with van der Waals surface area (Å²) in [6.07, 6.45) is 5.67. The SMILES string of the molecule is O=C1CCCc2nc(-c3ncc(-c4cc(F)cc(-c5ccccn5)c4)s3)ccc21. The van der Waals surface area contributed by atoms with Crippen LogP contribution in [-0.4, -0.2) is 20.7 Å². The van der Waals surface area contributed by atoms with E-state index < -0.39 is 0 Å². The van der Waals surface area contributed by atoms with Gasteiger partial charge in [-0.05, 0) is 60.9 Å². The maximum atomic E-state index is 14.3. The molecule has 0 bridgehead atoms. The van der Waals surface area contributed by atoms with Crippen LogP contribution in [0.4, 0.5) is 4.39 Å². The summed E-state index contributed by atoms with van der Waals surface area (Å²) in [6.45, 7) is 0. The molecule has 0 amide bonds. The van der Waals surface area contributed by atoms with E-state index in [4.69, 9.17) is 0 Å². The fourth-order valence-corrected chi connectivity index (χ4v) is 4.43. The van der Waals surface area contributed by atoms with E-state index in [9.17, 15) is 9.18 Å². The quantitative estimate of drug-likeness (QED) is 0.449. The maximum Gasteiger partial charge on any atom is 0.164 e. The van der Waals surface area contributed by atoms with Crippen molar-refractivity contribution in [2.45, 2.75) is 19.3 Å². The highest BCUT2D eigenvalue weighted by Gasteiger charge is 2.19. The number of nitrogens with zero attached hydrogens (tertiary/aromatic N) is 3. The molecule has 0 aliphatic heterocycles. The van der Waals surface area contributed by atoms with Gasteiger partial charge in [0.25, 0.3) is 0 Å². The van der Waals surface area contributed by atoms with E-state index in [2.05, 4.69) is 15.0 Å². The summed E-state index contributed by atoms with van der Waals surface area (Å²) in [5.74, 6) is -0.157. The molecule has 0 fully saturated rings. The van der Waals surface area contributed by atoms with Crippen molar-refractivity contribution in [2.24, 2.45) is 0 Å². The van der Waals surface area contributed by atoms with Crippen molar-refractivity contribution in [1.29, 1.82) is 0 Å². The molecule has 3 heterocycles. The molecule has 1 aromatic carbocycles. The monoisotopic (exact) mass is 401 g/mol. The van der Waals surface area contributed by atoms with Crippen LogP contribution in [0, 0.1) is 5.82 Å². The van der Waals surface area contributed by atoms with Gasteiger partial charge in [0, 0.05) is 29.9 Å². The first-order chi connectivity index (χ1) is 14.2. The number of rotatable bonds is 3. The number of hydrogen-bond acceptors (Lipinski definition) is 5. The van der Waals surface area contributed by atoms with Crippen LogP contribution in [0.25, 0.3) is 32.4 Å². The van der Waals surface area contributed by atoms with Crippen molar-refractivity contribution in [2.75, 3.05) is 0 Å². The number of carbonyl (C=O) groups excluding carboxylic acids is 1. The molecule has 29 heavy (non-hydrogen) atoms. The molecule has 3 aromatic heterocycles. The third kappa shape index (κ3) is 3.47. The number of fused-ring (bicyclic) bond motifs is 1. The van der Waals surface area contributed by atoms with E-state index in [0.29, 0.717) is 6.42 Å². The largest absolute Gasteiger partial charge is 0.294 e. The maximum absolute atomic E-state index is 14.3. The molecule has 0 spiro atoms. The average molecular weight is 401 g/mol. The van der Waals surface area contributed by atoms with Crippen LogP contribution in [-0.2, 0) is 6.42 Å². The minimum absolute atomic E-state index is 0.159. The summed E-state index contributed by atoms with van der Waals surface area (Å²) in [6, 6.07) is 14.2. The molecule has 0 atom stereocenters. The zero-order chi connectivity index (χ0) is 19.8. The molecule has 1 aliphatic carbocycles. The number of aromatic nitrogens is 3. The number of halogens is 1. The van der Waals surface area contributed by atoms with Crippen LogP contribution in [0.15, 0.2) is 60.9 Å². The van der Waals surface area contributed by atoms with Crippen molar-refractivity contribution in [3.8, 4) is 32.4 Å². The number of thiazole rings is 1. The Morgan fingerprint density at radius 1 is 0.931 bits per heavy atom. The zero-order valence-electron chi connectivity index (χ0n) is 15.4. The van der Waals surface area contributed by atoms with Gasteiger partial charge in [-0.1, -0.05) is 6.07 Å². The van der Waals surface area contributed by atoms with Crippen molar-refractivity contribution in [3.05, 3.63) is 78.0 Å². The highest BCUT2D eigenvalue weighted by molar-refractivity contribution is 7.18. The molecule has 0 N–H and O–H groups in total. The van der Waals surface area contributed by atoms with Crippen molar-refractivity contribution < 1.29 is 9.18 Å². The molecule has 4 aromatic rings. The molecule has 0 saturated carbocycles. The summed E-state index contributed by atoms with van der Waals surface area (Å²) in [7, 11) is 0. The Bertz CT molecular complexity index is 1220. The number of Topliss-reactive ketones (excluding diaryl/α,β-unsaturated/α-hetero) is 1. The molecule has 4 nitrogen and oxygen atoms in total. The predicted octanol–water partition coefficient (Wildman–Crippen LogP) is 5.59. The van der Waals surface area contributed by atoms with E-state index in [-0.39, 0.29) is 11.6 Å². The molecular formula is C23H16FN3OS. The van der Waals surface area contributed by atoms with E-state index in [1.807, 2.05) is 36.4 Å². The number of ketones is 1. The number of hydrogen-bond donors (Lipinski definition) is 0.